The van der Waals surface area contributed by atoms with Gasteiger partial charge in [0.2, 0.25) is 11.8 Å². The van der Waals surface area contributed by atoms with Crippen LogP contribution >= 0.6 is 0 Å². The van der Waals surface area contributed by atoms with Gasteiger partial charge in [-0.05, 0) is 37.6 Å². The predicted molar refractivity (Wildman–Crippen MR) is 102 cm³/mol. The van der Waals surface area contributed by atoms with E-state index in [4.69, 9.17) is 0 Å². The average Bonchev–Trinajstić information content (AvgIpc) is 2.54. The van der Waals surface area contributed by atoms with E-state index in [0.29, 0.717) is 5.69 Å². The van der Waals surface area contributed by atoms with Crippen LogP contribution in [0.5, 0.6) is 0 Å². The zero-order valence-corrected chi connectivity index (χ0v) is 16.1. The van der Waals surface area contributed by atoms with Crippen molar-refractivity contribution in [3.63, 3.8) is 0 Å². The summed E-state index contributed by atoms with van der Waals surface area (Å²) in [5.74, 6) is -0.255. The third-order valence-electron chi connectivity index (χ3n) is 3.82. The molecule has 140 valence electrons. The van der Waals surface area contributed by atoms with Gasteiger partial charge < -0.3 is 21.3 Å². The van der Waals surface area contributed by atoms with E-state index < -0.39 is 6.04 Å². The van der Waals surface area contributed by atoms with Crippen LogP contribution in [0.3, 0.4) is 0 Å². The van der Waals surface area contributed by atoms with E-state index in [-0.39, 0.29) is 29.8 Å². The molecular formula is C19H32N4O2. The Morgan fingerprint density at radius 3 is 2.04 bits per heavy atom. The van der Waals surface area contributed by atoms with Gasteiger partial charge in [-0.15, -0.1) is 0 Å². The molecule has 1 unspecified atom stereocenters. The zero-order chi connectivity index (χ0) is 19.0. The van der Waals surface area contributed by atoms with Gasteiger partial charge in [0.05, 0.1) is 6.04 Å². The molecule has 0 saturated heterocycles. The van der Waals surface area contributed by atoms with Crippen LogP contribution < -0.4 is 21.3 Å². The lowest BCUT2D eigenvalue weighted by Gasteiger charge is -2.25. The molecule has 0 aliphatic heterocycles. The van der Waals surface area contributed by atoms with Crippen molar-refractivity contribution in [1.29, 1.82) is 0 Å². The van der Waals surface area contributed by atoms with Crippen molar-refractivity contribution in [2.75, 3.05) is 12.4 Å². The number of amides is 2. The van der Waals surface area contributed by atoms with E-state index in [9.17, 15) is 9.59 Å². The van der Waals surface area contributed by atoms with E-state index in [2.05, 4.69) is 21.3 Å². The van der Waals surface area contributed by atoms with Crippen LogP contribution in [-0.2, 0) is 16.1 Å². The first-order valence-electron chi connectivity index (χ1n) is 8.85. The molecule has 6 heteroatoms. The number of benzene rings is 1. The molecule has 25 heavy (non-hydrogen) atoms. The first-order chi connectivity index (χ1) is 11.7. The molecule has 0 aliphatic rings. The summed E-state index contributed by atoms with van der Waals surface area (Å²) in [6.45, 7) is 10.4. The van der Waals surface area contributed by atoms with Gasteiger partial charge in [0.25, 0.3) is 0 Å². The third-order valence-corrected chi connectivity index (χ3v) is 3.82. The Kier molecular flexibility index (Phi) is 8.58. The molecule has 4 N–H and O–H groups in total. The average molecular weight is 348 g/mol. The topological polar surface area (TPSA) is 82.3 Å². The zero-order valence-electron chi connectivity index (χ0n) is 16.1. The number of carbonyl (C=O) groups is 2. The van der Waals surface area contributed by atoms with Crippen LogP contribution in [0.15, 0.2) is 24.3 Å². The Hall–Kier alpha value is -1.92. The smallest absolute Gasteiger partial charge is 0.246 e. The quantitative estimate of drug-likeness (QED) is 0.549. The second-order valence-corrected chi connectivity index (χ2v) is 6.99. The maximum Gasteiger partial charge on any atom is 0.246 e. The van der Waals surface area contributed by atoms with Gasteiger partial charge in [0, 0.05) is 18.3 Å². The van der Waals surface area contributed by atoms with Crippen molar-refractivity contribution in [3.8, 4) is 0 Å². The molecule has 1 rings (SSSR count). The highest BCUT2D eigenvalue weighted by Crippen LogP contribution is 2.10. The molecule has 0 aliphatic carbocycles. The van der Waals surface area contributed by atoms with Crippen molar-refractivity contribution in [3.05, 3.63) is 29.8 Å². The fourth-order valence-electron chi connectivity index (χ4n) is 2.46. The maximum atomic E-state index is 12.4. The summed E-state index contributed by atoms with van der Waals surface area (Å²) in [6, 6.07) is 6.88. The molecule has 2 amide bonds. The Balaban J connectivity index is 2.61. The van der Waals surface area contributed by atoms with E-state index in [1.165, 1.54) is 0 Å². The van der Waals surface area contributed by atoms with Crippen LogP contribution in [0.1, 0.15) is 40.2 Å². The number of anilines is 1. The maximum absolute atomic E-state index is 12.4. The summed E-state index contributed by atoms with van der Waals surface area (Å²) in [4.78, 5) is 24.8. The van der Waals surface area contributed by atoms with E-state index >= 15 is 0 Å². The van der Waals surface area contributed by atoms with Crippen LogP contribution in [0, 0.1) is 5.92 Å². The standard InChI is InChI=1S/C19H32N4O2/c1-12(2)17(21-13(3)4)19(25)22-14(5)18(24)23-16-9-7-15(8-10-16)11-20-6/h7-10,12-14,17,20-21H,11H2,1-6H3,(H,22,25)(H,23,24)/t14-,17?/m0/s1. The summed E-state index contributed by atoms with van der Waals surface area (Å²) < 4.78 is 0. The molecule has 2 atom stereocenters. The molecule has 0 fully saturated rings. The summed E-state index contributed by atoms with van der Waals surface area (Å²) >= 11 is 0. The highest BCUT2D eigenvalue weighted by molar-refractivity contribution is 5.97. The molecule has 6 nitrogen and oxygen atoms in total. The minimum absolute atomic E-state index is 0.136. The molecule has 0 heterocycles. The van der Waals surface area contributed by atoms with Gasteiger partial charge in [-0.1, -0.05) is 39.8 Å². The summed E-state index contributed by atoms with van der Waals surface area (Å²) in [7, 11) is 1.89. The van der Waals surface area contributed by atoms with Crippen LogP contribution in [0.25, 0.3) is 0 Å². The first-order valence-corrected chi connectivity index (χ1v) is 8.85. The van der Waals surface area contributed by atoms with Gasteiger partial charge in [0.15, 0.2) is 0 Å². The normalized spacial score (nSPS) is 13.6. The fourth-order valence-corrected chi connectivity index (χ4v) is 2.46. The highest BCUT2D eigenvalue weighted by Gasteiger charge is 2.25. The second kappa shape index (κ2) is 10.2. The van der Waals surface area contributed by atoms with Crippen molar-refractivity contribution >= 4 is 17.5 Å². The van der Waals surface area contributed by atoms with Gasteiger partial charge in [0.1, 0.15) is 6.04 Å². The lowest BCUT2D eigenvalue weighted by atomic mass is 10.0. The number of hydrogen-bond donors (Lipinski definition) is 4. The summed E-state index contributed by atoms with van der Waals surface area (Å²) in [5.41, 5.74) is 1.85. The molecule has 1 aromatic carbocycles. The van der Waals surface area contributed by atoms with Gasteiger partial charge >= 0.3 is 0 Å². The van der Waals surface area contributed by atoms with Gasteiger partial charge in [-0.25, -0.2) is 0 Å². The fraction of sp³-hybridized carbons (Fsp3) is 0.579. The van der Waals surface area contributed by atoms with E-state index in [1.54, 1.807) is 6.92 Å². The highest BCUT2D eigenvalue weighted by atomic mass is 16.2. The van der Waals surface area contributed by atoms with Crippen LogP contribution in [0.4, 0.5) is 5.69 Å². The lowest BCUT2D eigenvalue weighted by Crippen LogP contribution is -2.53. The third kappa shape index (κ3) is 7.23. The Labute approximate surface area is 151 Å². The van der Waals surface area contributed by atoms with Gasteiger partial charge in [-0.3, -0.25) is 9.59 Å². The number of nitrogens with one attached hydrogen (secondary N) is 4. The second-order valence-electron chi connectivity index (χ2n) is 6.99. The predicted octanol–water partition coefficient (Wildman–Crippen LogP) is 1.87. The lowest BCUT2D eigenvalue weighted by molar-refractivity contribution is -0.128. The van der Waals surface area contributed by atoms with Crippen molar-refractivity contribution in [1.82, 2.24) is 16.0 Å². The number of hydrogen-bond acceptors (Lipinski definition) is 4. The van der Waals surface area contributed by atoms with Crippen LogP contribution in [-0.4, -0.2) is 37.0 Å². The molecule has 1 aromatic rings. The van der Waals surface area contributed by atoms with E-state index in [1.807, 2.05) is 59.0 Å². The number of rotatable bonds is 9. The Morgan fingerprint density at radius 2 is 1.56 bits per heavy atom. The molecule has 0 spiro atoms. The largest absolute Gasteiger partial charge is 0.343 e. The van der Waals surface area contributed by atoms with E-state index in [0.717, 1.165) is 12.1 Å². The summed E-state index contributed by atoms with van der Waals surface area (Å²) in [6.07, 6.45) is 0. The SMILES string of the molecule is CNCc1ccc(NC(=O)[C@H](C)NC(=O)C(NC(C)C)C(C)C)cc1. The first kappa shape index (κ1) is 21.1. The van der Waals surface area contributed by atoms with Crippen molar-refractivity contribution in [2.45, 2.75) is 59.3 Å². The molecular weight excluding hydrogens is 316 g/mol. The molecule has 0 bridgehead atoms. The van der Waals surface area contributed by atoms with Crippen LogP contribution in [0.2, 0.25) is 0 Å². The Bertz CT molecular complexity index is 555. The Morgan fingerprint density at radius 1 is 0.960 bits per heavy atom. The van der Waals surface area contributed by atoms with Crippen molar-refractivity contribution in [2.24, 2.45) is 5.92 Å². The molecule has 0 saturated carbocycles. The molecule has 0 aromatic heterocycles. The molecule has 0 radical (unpaired) electrons. The minimum Gasteiger partial charge on any atom is -0.343 e. The summed E-state index contributed by atoms with van der Waals surface area (Å²) in [5, 5.41) is 11.9. The minimum atomic E-state index is -0.611. The number of carbonyl (C=O) groups excluding carboxylic acids is 2. The van der Waals surface area contributed by atoms with Gasteiger partial charge in [-0.2, -0.15) is 0 Å². The van der Waals surface area contributed by atoms with Crippen molar-refractivity contribution < 1.29 is 9.59 Å². The monoisotopic (exact) mass is 348 g/mol.